The first kappa shape index (κ1) is 8.53. The van der Waals surface area contributed by atoms with Crippen LogP contribution in [0.1, 0.15) is 26.2 Å². The third-order valence-electron chi connectivity index (χ3n) is 2.67. The molecule has 0 saturated heterocycles. The molecule has 3 heteroatoms. The van der Waals surface area contributed by atoms with Gasteiger partial charge >= 0.3 is 5.97 Å². The van der Waals surface area contributed by atoms with Crippen molar-refractivity contribution >= 4 is 5.97 Å². The van der Waals surface area contributed by atoms with Crippen molar-refractivity contribution in [3.63, 3.8) is 0 Å². The molecule has 1 fully saturated rings. The monoisotopic (exact) mass is 157 g/mol. The molecule has 0 unspecified atom stereocenters. The molecule has 3 nitrogen and oxygen atoms in total. The van der Waals surface area contributed by atoms with E-state index in [1.54, 1.807) is 0 Å². The lowest BCUT2D eigenvalue weighted by Crippen LogP contribution is -2.39. The topological polar surface area (TPSA) is 63.3 Å². The summed E-state index contributed by atoms with van der Waals surface area (Å²) in [7, 11) is 0. The molecule has 3 N–H and O–H groups in total. The van der Waals surface area contributed by atoms with Crippen molar-refractivity contribution in [2.75, 3.05) is 0 Å². The summed E-state index contributed by atoms with van der Waals surface area (Å²) in [5.41, 5.74) is 5.51. The Morgan fingerprint density at radius 2 is 2.27 bits per heavy atom. The van der Waals surface area contributed by atoms with Crippen LogP contribution < -0.4 is 5.73 Å². The minimum Gasteiger partial charge on any atom is -0.480 e. The molecule has 0 aromatic carbocycles. The van der Waals surface area contributed by atoms with Gasteiger partial charge in [-0.15, -0.1) is 0 Å². The molecule has 1 rings (SSSR count). The van der Waals surface area contributed by atoms with Crippen LogP contribution in [-0.2, 0) is 4.79 Å². The van der Waals surface area contributed by atoms with E-state index in [2.05, 4.69) is 6.92 Å². The largest absolute Gasteiger partial charge is 0.480 e. The molecule has 0 heterocycles. The van der Waals surface area contributed by atoms with Gasteiger partial charge in [0.15, 0.2) is 0 Å². The number of carbonyl (C=O) groups is 1. The lowest BCUT2D eigenvalue weighted by molar-refractivity contribution is -0.140. The fourth-order valence-electron chi connectivity index (χ4n) is 1.89. The fourth-order valence-corrected chi connectivity index (χ4v) is 1.89. The van der Waals surface area contributed by atoms with Gasteiger partial charge in [-0.25, -0.2) is 0 Å². The van der Waals surface area contributed by atoms with Crippen molar-refractivity contribution in [3.8, 4) is 0 Å². The summed E-state index contributed by atoms with van der Waals surface area (Å²) in [6.45, 7) is 2.08. The molecule has 0 amide bonds. The maximum atomic E-state index is 10.5. The van der Waals surface area contributed by atoms with Crippen molar-refractivity contribution < 1.29 is 9.90 Å². The average molecular weight is 157 g/mol. The Morgan fingerprint density at radius 3 is 2.64 bits per heavy atom. The van der Waals surface area contributed by atoms with Gasteiger partial charge in [-0.3, -0.25) is 4.79 Å². The van der Waals surface area contributed by atoms with Gasteiger partial charge in [0.05, 0.1) is 0 Å². The van der Waals surface area contributed by atoms with Crippen LogP contribution in [0.25, 0.3) is 0 Å². The van der Waals surface area contributed by atoms with Crippen LogP contribution in [-0.4, -0.2) is 17.1 Å². The van der Waals surface area contributed by atoms with Crippen molar-refractivity contribution in [3.05, 3.63) is 0 Å². The lowest BCUT2D eigenvalue weighted by atomic mass is 9.91. The first-order valence-electron chi connectivity index (χ1n) is 4.11. The summed E-state index contributed by atoms with van der Waals surface area (Å²) in [5.74, 6) is -0.169. The predicted molar refractivity (Wildman–Crippen MR) is 42.1 cm³/mol. The Bertz CT molecular complexity index is 158. The van der Waals surface area contributed by atoms with E-state index in [4.69, 9.17) is 10.8 Å². The molecule has 1 saturated carbocycles. The third-order valence-corrected chi connectivity index (χ3v) is 2.67. The van der Waals surface area contributed by atoms with Crippen LogP contribution in [0.3, 0.4) is 0 Å². The molecule has 0 aliphatic heterocycles. The molecule has 0 bridgehead atoms. The molecule has 1 aliphatic carbocycles. The average Bonchev–Trinajstić information content (AvgIpc) is 2.33. The van der Waals surface area contributed by atoms with Gasteiger partial charge in [0, 0.05) is 0 Å². The zero-order valence-corrected chi connectivity index (χ0v) is 6.79. The zero-order chi connectivity index (χ0) is 8.43. The summed E-state index contributed by atoms with van der Waals surface area (Å²) in [4.78, 5) is 10.5. The smallest absolute Gasteiger partial charge is 0.320 e. The molecular weight excluding hydrogens is 142 g/mol. The second-order valence-corrected chi connectivity index (χ2v) is 3.44. The normalized spacial score (nSPS) is 33.6. The number of hydrogen-bond donors (Lipinski definition) is 2. The predicted octanol–water partition coefficient (Wildman–Crippen LogP) is 0.834. The van der Waals surface area contributed by atoms with Crippen LogP contribution >= 0.6 is 0 Å². The van der Waals surface area contributed by atoms with Crippen molar-refractivity contribution in [1.29, 1.82) is 0 Å². The lowest BCUT2D eigenvalue weighted by Gasteiger charge is -2.18. The number of aliphatic carboxylic acids is 1. The number of carboxylic acid groups (broad SMARTS) is 1. The standard InChI is InChI=1S/C8H15NO2/c1-5-3-2-4-6(5)7(9)8(10)11/h5-7H,2-4,9H2,1H3,(H,10,11)/t5-,6-,7-/m0/s1. The van der Waals surface area contributed by atoms with E-state index in [9.17, 15) is 4.79 Å². The Kier molecular flexibility index (Phi) is 2.49. The Labute approximate surface area is 66.6 Å². The maximum absolute atomic E-state index is 10.5. The van der Waals surface area contributed by atoms with Gasteiger partial charge in [0.1, 0.15) is 6.04 Å². The van der Waals surface area contributed by atoms with E-state index >= 15 is 0 Å². The van der Waals surface area contributed by atoms with Crippen LogP contribution in [0.5, 0.6) is 0 Å². The Morgan fingerprint density at radius 1 is 1.64 bits per heavy atom. The first-order valence-corrected chi connectivity index (χ1v) is 4.11. The highest BCUT2D eigenvalue weighted by atomic mass is 16.4. The van der Waals surface area contributed by atoms with Crippen molar-refractivity contribution in [1.82, 2.24) is 0 Å². The zero-order valence-electron chi connectivity index (χ0n) is 6.79. The summed E-state index contributed by atoms with van der Waals surface area (Å²) in [6.07, 6.45) is 3.24. The third kappa shape index (κ3) is 1.71. The molecule has 11 heavy (non-hydrogen) atoms. The second kappa shape index (κ2) is 3.22. The molecule has 0 aromatic heterocycles. The van der Waals surface area contributed by atoms with Crippen LogP contribution in [0, 0.1) is 11.8 Å². The van der Waals surface area contributed by atoms with Crippen molar-refractivity contribution in [2.24, 2.45) is 17.6 Å². The summed E-state index contributed by atoms with van der Waals surface area (Å²) < 4.78 is 0. The SMILES string of the molecule is C[C@H]1CCC[C@@H]1[C@H](N)C(=O)O. The number of nitrogens with two attached hydrogens (primary N) is 1. The van der Waals surface area contributed by atoms with Crippen LogP contribution in [0.2, 0.25) is 0 Å². The van der Waals surface area contributed by atoms with E-state index < -0.39 is 12.0 Å². The van der Waals surface area contributed by atoms with Crippen LogP contribution in [0.15, 0.2) is 0 Å². The second-order valence-electron chi connectivity index (χ2n) is 3.44. The molecule has 1 aliphatic rings. The van der Waals surface area contributed by atoms with Crippen LogP contribution in [0.4, 0.5) is 0 Å². The molecule has 0 spiro atoms. The van der Waals surface area contributed by atoms with Gasteiger partial charge in [0.2, 0.25) is 0 Å². The quantitative estimate of drug-likeness (QED) is 0.624. The molecule has 3 atom stereocenters. The van der Waals surface area contributed by atoms with Gasteiger partial charge in [-0.2, -0.15) is 0 Å². The number of hydrogen-bond acceptors (Lipinski definition) is 2. The van der Waals surface area contributed by atoms with Crippen molar-refractivity contribution in [2.45, 2.75) is 32.2 Å². The number of rotatable bonds is 2. The van der Waals surface area contributed by atoms with E-state index in [-0.39, 0.29) is 5.92 Å². The Balaban J connectivity index is 2.52. The fraction of sp³-hybridized carbons (Fsp3) is 0.875. The minimum atomic E-state index is -0.858. The summed E-state index contributed by atoms with van der Waals surface area (Å²) in [5, 5.41) is 8.64. The van der Waals surface area contributed by atoms with Gasteiger partial charge in [0.25, 0.3) is 0 Å². The number of carboxylic acids is 1. The molecule has 0 aromatic rings. The van der Waals surface area contributed by atoms with Gasteiger partial charge in [-0.05, 0) is 18.3 Å². The molecule has 64 valence electrons. The van der Waals surface area contributed by atoms with Gasteiger partial charge in [-0.1, -0.05) is 19.8 Å². The van der Waals surface area contributed by atoms with E-state index in [0.717, 1.165) is 19.3 Å². The maximum Gasteiger partial charge on any atom is 0.320 e. The molecular formula is C8H15NO2. The van der Waals surface area contributed by atoms with E-state index in [1.165, 1.54) is 0 Å². The first-order chi connectivity index (χ1) is 5.13. The highest BCUT2D eigenvalue weighted by Crippen LogP contribution is 2.32. The van der Waals surface area contributed by atoms with Gasteiger partial charge < -0.3 is 10.8 Å². The van der Waals surface area contributed by atoms with E-state index in [0.29, 0.717) is 5.92 Å². The highest BCUT2D eigenvalue weighted by Gasteiger charge is 2.32. The summed E-state index contributed by atoms with van der Waals surface area (Å²) >= 11 is 0. The van der Waals surface area contributed by atoms with E-state index in [1.807, 2.05) is 0 Å². The minimum absolute atomic E-state index is 0.201. The Hall–Kier alpha value is -0.570. The molecule has 0 radical (unpaired) electrons. The highest BCUT2D eigenvalue weighted by molar-refractivity contribution is 5.73. The summed E-state index contributed by atoms with van der Waals surface area (Å²) in [6, 6.07) is -0.646.